The van der Waals surface area contributed by atoms with Gasteiger partial charge in [-0.3, -0.25) is 4.79 Å². The number of amides is 1. The highest BCUT2D eigenvalue weighted by molar-refractivity contribution is 5.76. The van der Waals surface area contributed by atoms with E-state index in [4.69, 9.17) is 4.74 Å². The molecule has 14 heavy (non-hydrogen) atoms. The molecule has 0 spiro atoms. The fourth-order valence-corrected chi connectivity index (χ4v) is 1.56. The van der Waals surface area contributed by atoms with Crippen molar-refractivity contribution in [2.24, 2.45) is 0 Å². The summed E-state index contributed by atoms with van der Waals surface area (Å²) in [7, 11) is 0. The van der Waals surface area contributed by atoms with Gasteiger partial charge >= 0.3 is 0 Å². The second-order valence-electron chi connectivity index (χ2n) is 3.56. The van der Waals surface area contributed by atoms with Gasteiger partial charge in [0.15, 0.2) is 0 Å². The van der Waals surface area contributed by atoms with Crippen LogP contribution in [0.4, 0.5) is 0 Å². The molecule has 0 saturated carbocycles. The first-order chi connectivity index (χ1) is 6.83. The molecular formula is C10H20N2O2. The van der Waals surface area contributed by atoms with Crippen molar-refractivity contribution < 1.29 is 9.53 Å². The molecular weight excluding hydrogens is 180 g/mol. The Kier molecular flexibility index (Phi) is 5.56. The topological polar surface area (TPSA) is 50.4 Å². The van der Waals surface area contributed by atoms with Gasteiger partial charge in [0.2, 0.25) is 5.91 Å². The molecule has 1 rings (SSSR count). The molecule has 1 fully saturated rings. The number of rotatable bonds is 6. The summed E-state index contributed by atoms with van der Waals surface area (Å²) in [6, 6.07) is 0.342. The highest BCUT2D eigenvalue weighted by atomic mass is 16.5. The minimum absolute atomic E-state index is 0.151. The van der Waals surface area contributed by atoms with Gasteiger partial charge in [-0.2, -0.15) is 0 Å². The normalized spacial score (nSPS) is 21.1. The molecule has 1 atom stereocenters. The van der Waals surface area contributed by atoms with Gasteiger partial charge in [0, 0.05) is 32.2 Å². The van der Waals surface area contributed by atoms with Crippen molar-refractivity contribution in [2.75, 3.05) is 26.3 Å². The summed E-state index contributed by atoms with van der Waals surface area (Å²) in [5, 5.41) is 6.21. The van der Waals surface area contributed by atoms with E-state index in [-0.39, 0.29) is 5.91 Å². The maximum atomic E-state index is 11.4. The second kappa shape index (κ2) is 6.79. The Morgan fingerprint density at radius 3 is 3.14 bits per heavy atom. The molecule has 4 heteroatoms. The van der Waals surface area contributed by atoms with Crippen LogP contribution >= 0.6 is 0 Å². The molecule has 4 nitrogen and oxygen atoms in total. The zero-order valence-corrected chi connectivity index (χ0v) is 8.84. The number of hydrogen-bond donors (Lipinski definition) is 2. The SMILES string of the molecule is CCOCCCC(=O)N[C@H]1CCNC1. The number of nitrogens with one attached hydrogen (secondary N) is 2. The third-order valence-electron chi connectivity index (χ3n) is 2.32. The lowest BCUT2D eigenvalue weighted by Crippen LogP contribution is -2.36. The van der Waals surface area contributed by atoms with Crippen molar-refractivity contribution >= 4 is 5.91 Å². The van der Waals surface area contributed by atoms with Crippen molar-refractivity contribution in [1.82, 2.24) is 10.6 Å². The third kappa shape index (κ3) is 4.58. The van der Waals surface area contributed by atoms with Crippen LogP contribution in [0.25, 0.3) is 0 Å². The predicted octanol–water partition coefficient (Wildman–Crippen LogP) is 0.281. The molecule has 2 N–H and O–H groups in total. The standard InChI is InChI=1S/C10H20N2O2/c1-2-14-7-3-4-10(13)12-9-5-6-11-8-9/h9,11H,2-8H2,1H3,(H,12,13)/t9-/m0/s1. The Morgan fingerprint density at radius 1 is 1.64 bits per heavy atom. The van der Waals surface area contributed by atoms with Gasteiger partial charge in [-0.25, -0.2) is 0 Å². The number of carbonyl (C=O) groups is 1. The molecule has 0 radical (unpaired) electrons. The summed E-state index contributed by atoms with van der Waals surface area (Å²) >= 11 is 0. The molecule has 0 bridgehead atoms. The monoisotopic (exact) mass is 200 g/mol. The van der Waals surface area contributed by atoms with Crippen LogP contribution in [0.1, 0.15) is 26.2 Å². The van der Waals surface area contributed by atoms with Crippen molar-refractivity contribution in [3.05, 3.63) is 0 Å². The largest absolute Gasteiger partial charge is 0.382 e. The van der Waals surface area contributed by atoms with E-state index >= 15 is 0 Å². The highest BCUT2D eigenvalue weighted by Crippen LogP contribution is 1.98. The molecule has 1 aliphatic heterocycles. The summed E-state index contributed by atoms with van der Waals surface area (Å²) in [5.74, 6) is 0.151. The summed E-state index contributed by atoms with van der Waals surface area (Å²) in [6.45, 7) is 5.31. The Labute approximate surface area is 85.4 Å². The van der Waals surface area contributed by atoms with Gasteiger partial charge in [-0.15, -0.1) is 0 Å². The van der Waals surface area contributed by atoms with Crippen molar-refractivity contribution in [3.63, 3.8) is 0 Å². The van der Waals surface area contributed by atoms with E-state index in [2.05, 4.69) is 10.6 Å². The number of ether oxygens (including phenoxy) is 1. The quantitative estimate of drug-likeness (QED) is 0.606. The predicted molar refractivity (Wildman–Crippen MR) is 55.1 cm³/mol. The molecule has 1 aliphatic rings. The van der Waals surface area contributed by atoms with E-state index < -0.39 is 0 Å². The average molecular weight is 200 g/mol. The fourth-order valence-electron chi connectivity index (χ4n) is 1.56. The van der Waals surface area contributed by atoms with E-state index in [0.29, 0.717) is 19.1 Å². The summed E-state index contributed by atoms with van der Waals surface area (Å²) < 4.78 is 5.16. The molecule has 82 valence electrons. The third-order valence-corrected chi connectivity index (χ3v) is 2.32. The number of carbonyl (C=O) groups excluding carboxylic acids is 1. The Morgan fingerprint density at radius 2 is 2.50 bits per heavy atom. The molecule has 1 amide bonds. The van der Waals surface area contributed by atoms with Gasteiger partial charge in [-0.05, 0) is 26.3 Å². The van der Waals surface area contributed by atoms with Gasteiger partial charge in [0.05, 0.1) is 0 Å². The van der Waals surface area contributed by atoms with Crippen LogP contribution in [0.15, 0.2) is 0 Å². The Bertz CT molecular complexity index is 168. The van der Waals surface area contributed by atoms with Crippen molar-refractivity contribution in [1.29, 1.82) is 0 Å². The van der Waals surface area contributed by atoms with Gasteiger partial charge in [0.1, 0.15) is 0 Å². The van der Waals surface area contributed by atoms with Crippen molar-refractivity contribution in [2.45, 2.75) is 32.2 Å². The van der Waals surface area contributed by atoms with E-state index in [0.717, 1.165) is 32.5 Å². The lowest BCUT2D eigenvalue weighted by Gasteiger charge is -2.10. The smallest absolute Gasteiger partial charge is 0.220 e. The second-order valence-corrected chi connectivity index (χ2v) is 3.56. The Hall–Kier alpha value is -0.610. The summed E-state index contributed by atoms with van der Waals surface area (Å²) in [4.78, 5) is 11.4. The molecule has 0 aromatic heterocycles. The summed E-state index contributed by atoms with van der Waals surface area (Å²) in [5.41, 5.74) is 0. The zero-order chi connectivity index (χ0) is 10.2. The van der Waals surface area contributed by atoms with Crippen LogP contribution in [0.5, 0.6) is 0 Å². The van der Waals surface area contributed by atoms with Gasteiger partial charge in [0.25, 0.3) is 0 Å². The molecule has 0 aliphatic carbocycles. The van der Waals surface area contributed by atoms with Crippen LogP contribution in [0, 0.1) is 0 Å². The maximum absolute atomic E-state index is 11.4. The molecule has 1 heterocycles. The number of hydrogen-bond acceptors (Lipinski definition) is 3. The lowest BCUT2D eigenvalue weighted by atomic mass is 10.2. The van der Waals surface area contributed by atoms with Crippen LogP contribution < -0.4 is 10.6 Å². The molecule has 1 saturated heterocycles. The lowest BCUT2D eigenvalue weighted by molar-refractivity contribution is -0.122. The average Bonchev–Trinajstić information content (AvgIpc) is 2.65. The molecule has 0 aromatic rings. The van der Waals surface area contributed by atoms with E-state index in [1.807, 2.05) is 6.92 Å². The van der Waals surface area contributed by atoms with E-state index in [1.54, 1.807) is 0 Å². The van der Waals surface area contributed by atoms with Crippen LogP contribution in [0.3, 0.4) is 0 Å². The minimum atomic E-state index is 0.151. The fraction of sp³-hybridized carbons (Fsp3) is 0.900. The zero-order valence-electron chi connectivity index (χ0n) is 8.84. The first kappa shape index (κ1) is 11.5. The van der Waals surface area contributed by atoms with Gasteiger partial charge in [-0.1, -0.05) is 0 Å². The molecule has 0 aromatic carbocycles. The van der Waals surface area contributed by atoms with E-state index in [1.165, 1.54) is 0 Å². The minimum Gasteiger partial charge on any atom is -0.382 e. The van der Waals surface area contributed by atoms with Crippen LogP contribution in [0.2, 0.25) is 0 Å². The molecule has 0 unspecified atom stereocenters. The summed E-state index contributed by atoms with van der Waals surface area (Å²) in [6.07, 6.45) is 2.45. The maximum Gasteiger partial charge on any atom is 0.220 e. The Balaban J connectivity index is 1.98. The van der Waals surface area contributed by atoms with Crippen LogP contribution in [-0.4, -0.2) is 38.3 Å². The van der Waals surface area contributed by atoms with Crippen molar-refractivity contribution in [3.8, 4) is 0 Å². The van der Waals surface area contributed by atoms with Crippen LogP contribution in [-0.2, 0) is 9.53 Å². The van der Waals surface area contributed by atoms with E-state index in [9.17, 15) is 4.79 Å². The van der Waals surface area contributed by atoms with Gasteiger partial charge < -0.3 is 15.4 Å². The first-order valence-corrected chi connectivity index (χ1v) is 5.40. The highest BCUT2D eigenvalue weighted by Gasteiger charge is 2.15. The first-order valence-electron chi connectivity index (χ1n) is 5.40.